The molecule has 0 unspecified atom stereocenters. The molecule has 1 saturated heterocycles. The zero-order valence-electron chi connectivity index (χ0n) is 8.27. The van der Waals surface area contributed by atoms with E-state index in [9.17, 15) is 9.59 Å². The Morgan fingerprint density at radius 3 is 2.64 bits per heavy atom. The Kier molecular flexibility index (Phi) is 3.29. The van der Waals surface area contributed by atoms with Gasteiger partial charge in [0.2, 0.25) is 5.91 Å². The largest absolute Gasteiger partial charge is 0.465 e. The van der Waals surface area contributed by atoms with Gasteiger partial charge in [-0.25, -0.2) is 4.79 Å². The molecular formula is C8H14N2O4. The maximum atomic E-state index is 11.6. The molecular weight excluding hydrogens is 188 g/mol. The number of nitrogens with zero attached hydrogens (tertiary/aromatic N) is 2. The summed E-state index contributed by atoms with van der Waals surface area (Å²) in [5.74, 6) is -0.243. The summed E-state index contributed by atoms with van der Waals surface area (Å²) in [4.78, 5) is 24.8. The minimum Gasteiger partial charge on any atom is -0.465 e. The highest BCUT2D eigenvalue weighted by Gasteiger charge is 2.33. The summed E-state index contributed by atoms with van der Waals surface area (Å²) in [5, 5.41) is 8.84. The van der Waals surface area contributed by atoms with Crippen LogP contribution in [0, 0.1) is 0 Å². The second-order valence-corrected chi connectivity index (χ2v) is 3.30. The van der Waals surface area contributed by atoms with Crippen LogP contribution in [0.5, 0.6) is 0 Å². The van der Waals surface area contributed by atoms with Crippen LogP contribution in [0.4, 0.5) is 4.79 Å². The van der Waals surface area contributed by atoms with E-state index in [1.165, 1.54) is 4.90 Å². The predicted molar refractivity (Wildman–Crippen MR) is 48.0 cm³/mol. The highest BCUT2D eigenvalue weighted by Crippen LogP contribution is 2.09. The van der Waals surface area contributed by atoms with Crippen LogP contribution >= 0.6 is 0 Å². The van der Waals surface area contributed by atoms with Gasteiger partial charge in [0.25, 0.3) is 0 Å². The van der Waals surface area contributed by atoms with Gasteiger partial charge in [0.05, 0.1) is 13.2 Å². The molecule has 0 aliphatic carbocycles. The molecule has 1 aliphatic heterocycles. The zero-order chi connectivity index (χ0) is 10.7. The zero-order valence-corrected chi connectivity index (χ0v) is 8.27. The van der Waals surface area contributed by atoms with Crippen molar-refractivity contribution in [2.24, 2.45) is 0 Å². The average molecular weight is 202 g/mol. The molecule has 0 saturated carbocycles. The van der Waals surface area contributed by atoms with Crippen LogP contribution in [0.15, 0.2) is 0 Å². The van der Waals surface area contributed by atoms with Gasteiger partial charge in [-0.05, 0) is 0 Å². The Morgan fingerprint density at radius 1 is 1.50 bits per heavy atom. The molecule has 1 aliphatic rings. The maximum absolute atomic E-state index is 11.6. The number of carbonyl (C=O) groups is 2. The standard InChI is InChI=1S/C8H14N2O4/c1-9(2)7(11)6-5-14-4-3-10(6)8(12)13/h6H,3-5H2,1-2H3,(H,12,13)/t6-/m0/s1. The van der Waals surface area contributed by atoms with Crippen LogP contribution in [0.1, 0.15) is 0 Å². The smallest absolute Gasteiger partial charge is 0.408 e. The molecule has 6 nitrogen and oxygen atoms in total. The first-order chi connectivity index (χ1) is 6.54. The molecule has 80 valence electrons. The van der Waals surface area contributed by atoms with E-state index < -0.39 is 12.1 Å². The first kappa shape index (κ1) is 10.8. The lowest BCUT2D eigenvalue weighted by Gasteiger charge is -2.33. The van der Waals surface area contributed by atoms with Gasteiger partial charge in [-0.1, -0.05) is 0 Å². The molecule has 1 heterocycles. The summed E-state index contributed by atoms with van der Waals surface area (Å²) < 4.78 is 5.08. The highest BCUT2D eigenvalue weighted by molar-refractivity contribution is 5.85. The molecule has 2 amide bonds. The second kappa shape index (κ2) is 4.28. The van der Waals surface area contributed by atoms with Crippen LogP contribution in [-0.4, -0.2) is 66.8 Å². The number of morpholine rings is 1. The molecule has 0 radical (unpaired) electrons. The Hall–Kier alpha value is -1.30. The van der Waals surface area contributed by atoms with Crippen molar-refractivity contribution in [1.82, 2.24) is 9.80 Å². The number of hydrogen-bond donors (Lipinski definition) is 1. The Bertz CT molecular complexity index is 241. The Morgan fingerprint density at radius 2 is 2.14 bits per heavy atom. The van der Waals surface area contributed by atoms with Crippen molar-refractivity contribution >= 4 is 12.0 Å². The fraction of sp³-hybridized carbons (Fsp3) is 0.750. The molecule has 0 aromatic carbocycles. The maximum Gasteiger partial charge on any atom is 0.408 e. The number of ether oxygens (including phenoxy) is 1. The van der Waals surface area contributed by atoms with Gasteiger partial charge in [-0.2, -0.15) is 0 Å². The van der Waals surface area contributed by atoms with E-state index in [0.717, 1.165) is 4.90 Å². The van der Waals surface area contributed by atoms with Gasteiger partial charge in [0.1, 0.15) is 6.04 Å². The number of likely N-dealkylation sites (N-methyl/N-ethyl adjacent to an activating group) is 1. The van der Waals surface area contributed by atoms with Crippen LogP contribution in [-0.2, 0) is 9.53 Å². The monoisotopic (exact) mass is 202 g/mol. The summed E-state index contributed by atoms with van der Waals surface area (Å²) in [5.41, 5.74) is 0. The van der Waals surface area contributed by atoms with Crippen molar-refractivity contribution in [3.63, 3.8) is 0 Å². The molecule has 0 aromatic heterocycles. The fourth-order valence-electron chi connectivity index (χ4n) is 1.34. The third kappa shape index (κ3) is 2.14. The second-order valence-electron chi connectivity index (χ2n) is 3.30. The van der Waals surface area contributed by atoms with Crippen LogP contribution in [0.2, 0.25) is 0 Å². The van der Waals surface area contributed by atoms with E-state index in [-0.39, 0.29) is 19.1 Å². The topological polar surface area (TPSA) is 70.1 Å². The first-order valence-corrected chi connectivity index (χ1v) is 4.32. The van der Waals surface area contributed by atoms with Crippen molar-refractivity contribution < 1.29 is 19.4 Å². The molecule has 14 heavy (non-hydrogen) atoms. The molecule has 0 bridgehead atoms. The third-order valence-corrected chi connectivity index (χ3v) is 2.10. The number of carboxylic acid groups (broad SMARTS) is 1. The lowest BCUT2D eigenvalue weighted by atomic mass is 10.2. The van der Waals surface area contributed by atoms with Gasteiger partial charge in [-0.15, -0.1) is 0 Å². The summed E-state index contributed by atoms with van der Waals surface area (Å²) in [6, 6.07) is -0.698. The molecule has 6 heteroatoms. The number of rotatable bonds is 1. The van der Waals surface area contributed by atoms with Gasteiger partial charge < -0.3 is 14.7 Å². The number of amides is 2. The van der Waals surface area contributed by atoms with Crippen LogP contribution in [0.25, 0.3) is 0 Å². The number of hydrogen-bond acceptors (Lipinski definition) is 3. The SMILES string of the molecule is CN(C)C(=O)[C@@H]1COCCN1C(=O)O. The van der Waals surface area contributed by atoms with E-state index in [2.05, 4.69) is 0 Å². The van der Waals surface area contributed by atoms with Crippen molar-refractivity contribution in [1.29, 1.82) is 0 Å². The minimum absolute atomic E-state index is 0.142. The lowest BCUT2D eigenvalue weighted by molar-refractivity contribution is -0.139. The van der Waals surface area contributed by atoms with E-state index in [4.69, 9.17) is 9.84 Å². The quantitative estimate of drug-likeness (QED) is 0.619. The summed E-state index contributed by atoms with van der Waals surface area (Å²) in [6.45, 7) is 0.742. The summed E-state index contributed by atoms with van der Waals surface area (Å²) in [7, 11) is 3.19. The van der Waals surface area contributed by atoms with Gasteiger partial charge >= 0.3 is 6.09 Å². The molecule has 1 rings (SSSR count). The predicted octanol–water partition coefficient (Wildman–Crippen LogP) is -0.547. The molecule has 1 N–H and O–H groups in total. The lowest BCUT2D eigenvalue weighted by Crippen LogP contribution is -2.55. The van der Waals surface area contributed by atoms with Crippen molar-refractivity contribution in [3.05, 3.63) is 0 Å². The highest BCUT2D eigenvalue weighted by atomic mass is 16.5. The van der Waals surface area contributed by atoms with Gasteiger partial charge in [0.15, 0.2) is 0 Å². The van der Waals surface area contributed by atoms with Gasteiger partial charge in [0, 0.05) is 20.6 Å². The minimum atomic E-state index is -1.08. The summed E-state index contributed by atoms with van der Waals surface area (Å²) >= 11 is 0. The van der Waals surface area contributed by atoms with E-state index in [1.54, 1.807) is 14.1 Å². The van der Waals surface area contributed by atoms with E-state index >= 15 is 0 Å². The van der Waals surface area contributed by atoms with Crippen LogP contribution in [0.3, 0.4) is 0 Å². The fourth-order valence-corrected chi connectivity index (χ4v) is 1.34. The Balaban J connectivity index is 2.72. The molecule has 1 atom stereocenters. The van der Waals surface area contributed by atoms with Crippen molar-refractivity contribution in [2.45, 2.75) is 6.04 Å². The van der Waals surface area contributed by atoms with Gasteiger partial charge in [-0.3, -0.25) is 9.69 Å². The molecule has 1 fully saturated rings. The van der Waals surface area contributed by atoms with E-state index in [1.807, 2.05) is 0 Å². The summed E-state index contributed by atoms with van der Waals surface area (Å²) in [6.07, 6.45) is -1.08. The van der Waals surface area contributed by atoms with Crippen molar-refractivity contribution in [3.8, 4) is 0 Å². The normalized spacial score (nSPS) is 21.9. The number of carbonyl (C=O) groups excluding carboxylic acids is 1. The van der Waals surface area contributed by atoms with Crippen molar-refractivity contribution in [2.75, 3.05) is 33.9 Å². The molecule has 0 spiro atoms. The Labute approximate surface area is 82.0 Å². The average Bonchev–Trinajstić information content (AvgIpc) is 2.16. The van der Waals surface area contributed by atoms with E-state index in [0.29, 0.717) is 6.61 Å². The first-order valence-electron chi connectivity index (χ1n) is 4.32. The molecule has 0 aromatic rings. The van der Waals surface area contributed by atoms with Crippen LogP contribution < -0.4 is 0 Å². The third-order valence-electron chi connectivity index (χ3n) is 2.10.